The molecule has 0 saturated carbocycles. The van der Waals surface area contributed by atoms with Crippen molar-refractivity contribution in [2.24, 2.45) is 0 Å². The van der Waals surface area contributed by atoms with E-state index in [1.165, 1.54) is 31.4 Å². The first-order valence-electron chi connectivity index (χ1n) is 4.88. The lowest BCUT2D eigenvalue weighted by Crippen LogP contribution is -2.15. The summed E-state index contributed by atoms with van der Waals surface area (Å²) in [6.07, 6.45) is 0. The van der Waals surface area contributed by atoms with Crippen LogP contribution in [0.4, 0.5) is 5.69 Å². The normalized spacial score (nSPS) is 10.3. The molecule has 1 aromatic carbocycles. The Bertz CT molecular complexity index is 704. The average Bonchev–Trinajstić information content (AvgIpc) is 2.36. The van der Waals surface area contributed by atoms with Gasteiger partial charge in [0.15, 0.2) is 0 Å². The number of ether oxygens (including phenoxy) is 1. The second-order valence-electron chi connectivity index (χ2n) is 3.46. The molecule has 1 N–H and O–H groups in total. The number of nitrogens with zero attached hydrogens (tertiary/aromatic N) is 1. The molecule has 0 aliphatic carbocycles. The van der Waals surface area contributed by atoms with Gasteiger partial charge in [-0.3, -0.25) is 15.5 Å². The van der Waals surface area contributed by atoms with Gasteiger partial charge in [0.2, 0.25) is 5.55 Å². The third kappa shape index (κ3) is 1.93. The zero-order valence-electron chi connectivity index (χ0n) is 9.30. The average molecular weight is 248 g/mol. The molecule has 7 heteroatoms. The van der Waals surface area contributed by atoms with Gasteiger partial charge in [-0.2, -0.15) is 0 Å². The van der Waals surface area contributed by atoms with E-state index >= 15 is 0 Å². The van der Waals surface area contributed by atoms with Crippen molar-refractivity contribution in [3.63, 3.8) is 0 Å². The molecule has 1 aromatic heterocycles. The molecule has 0 aliphatic heterocycles. The SMILES string of the molecule is COC(=O)c1cc2cc([N+](=O)[O-])ccc2oc1=N. The Morgan fingerprint density at radius 2 is 2.17 bits per heavy atom. The summed E-state index contributed by atoms with van der Waals surface area (Å²) in [6.45, 7) is 0. The van der Waals surface area contributed by atoms with Crippen LogP contribution in [0.2, 0.25) is 0 Å². The fraction of sp³-hybridized carbons (Fsp3) is 0.0909. The van der Waals surface area contributed by atoms with Crippen LogP contribution in [0.25, 0.3) is 11.0 Å². The van der Waals surface area contributed by atoms with E-state index in [0.717, 1.165) is 0 Å². The molecule has 2 aromatic rings. The zero-order valence-corrected chi connectivity index (χ0v) is 9.30. The van der Waals surface area contributed by atoms with Gasteiger partial charge in [0.1, 0.15) is 11.1 Å². The monoisotopic (exact) mass is 248 g/mol. The van der Waals surface area contributed by atoms with Crippen molar-refractivity contribution in [1.82, 2.24) is 0 Å². The Morgan fingerprint density at radius 3 is 2.78 bits per heavy atom. The van der Waals surface area contributed by atoms with E-state index in [1.807, 2.05) is 0 Å². The summed E-state index contributed by atoms with van der Waals surface area (Å²) >= 11 is 0. The molecule has 2 rings (SSSR count). The van der Waals surface area contributed by atoms with Crippen LogP contribution in [-0.2, 0) is 4.74 Å². The molecular formula is C11H8N2O5. The number of non-ortho nitro benzene ring substituents is 1. The molecule has 92 valence electrons. The molecule has 0 saturated heterocycles. The van der Waals surface area contributed by atoms with Crippen molar-refractivity contribution in [1.29, 1.82) is 5.41 Å². The van der Waals surface area contributed by atoms with Gasteiger partial charge in [0.25, 0.3) is 5.69 Å². The fourth-order valence-electron chi connectivity index (χ4n) is 1.50. The summed E-state index contributed by atoms with van der Waals surface area (Å²) in [5.41, 5.74) is -0.252. The highest BCUT2D eigenvalue weighted by atomic mass is 16.6. The van der Waals surface area contributed by atoms with Crippen molar-refractivity contribution in [2.75, 3.05) is 7.11 Å². The third-order valence-corrected chi connectivity index (χ3v) is 2.37. The van der Waals surface area contributed by atoms with Gasteiger partial charge in [-0.25, -0.2) is 4.79 Å². The molecule has 0 unspecified atom stereocenters. The number of carbonyl (C=O) groups excluding carboxylic acids is 1. The Morgan fingerprint density at radius 1 is 1.44 bits per heavy atom. The highest BCUT2D eigenvalue weighted by Crippen LogP contribution is 2.20. The van der Waals surface area contributed by atoms with Crippen LogP contribution < -0.4 is 5.55 Å². The molecule has 0 spiro atoms. The number of rotatable bonds is 2. The summed E-state index contributed by atoms with van der Waals surface area (Å²) in [5, 5.41) is 18.5. The molecule has 0 radical (unpaired) electrons. The van der Waals surface area contributed by atoms with Crippen LogP contribution in [0.5, 0.6) is 0 Å². The van der Waals surface area contributed by atoms with Gasteiger partial charge >= 0.3 is 5.97 Å². The van der Waals surface area contributed by atoms with Crippen molar-refractivity contribution in [3.05, 3.63) is 45.5 Å². The minimum absolute atomic E-state index is 0.0782. The summed E-state index contributed by atoms with van der Waals surface area (Å²) in [5.74, 6) is -0.725. The first-order valence-corrected chi connectivity index (χ1v) is 4.88. The van der Waals surface area contributed by atoms with E-state index in [9.17, 15) is 14.9 Å². The predicted molar refractivity (Wildman–Crippen MR) is 60.1 cm³/mol. The number of methoxy groups -OCH3 is 1. The van der Waals surface area contributed by atoms with Crippen LogP contribution in [0.1, 0.15) is 10.4 Å². The van der Waals surface area contributed by atoms with E-state index in [1.54, 1.807) is 0 Å². The highest BCUT2D eigenvalue weighted by molar-refractivity contribution is 5.93. The van der Waals surface area contributed by atoms with Crippen LogP contribution >= 0.6 is 0 Å². The first-order chi connectivity index (χ1) is 8.52. The van der Waals surface area contributed by atoms with E-state index in [0.29, 0.717) is 11.0 Å². The van der Waals surface area contributed by atoms with Crippen molar-refractivity contribution < 1.29 is 18.9 Å². The number of hydrogen-bond donors (Lipinski definition) is 1. The maximum atomic E-state index is 11.4. The van der Waals surface area contributed by atoms with Crippen LogP contribution in [0.15, 0.2) is 28.7 Å². The summed E-state index contributed by atoms with van der Waals surface area (Å²) in [6, 6.07) is 5.25. The number of fused-ring (bicyclic) bond motifs is 1. The third-order valence-electron chi connectivity index (χ3n) is 2.37. The Hall–Kier alpha value is -2.70. The maximum absolute atomic E-state index is 11.4. The molecule has 7 nitrogen and oxygen atoms in total. The molecule has 0 bridgehead atoms. The molecule has 18 heavy (non-hydrogen) atoms. The number of hydrogen-bond acceptors (Lipinski definition) is 6. The molecule has 0 aliphatic rings. The lowest BCUT2D eigenvalue weighted by Gasteiger charge is -2.01. The molecule has 1 heterocycles. The first kappa shape index (κ1) is 11.8. The predicted octanol–water partition coefficient (Wildman–Crippen LogP) is 1.61. The molecule has 0 amide bonds. The number of benzene rings is 1. The van der Waals surface area contributed by atoms with Gasteiger partial charge in [0.05, 0.1) is 12.0 Å². The molecule has 0 fully saturated rings. The topological polar surface area (TPSA) is 106 Å². The number of carbonyl (C=O) groups is 1. The quantitative estimate of drug-likeness (QED) is 0.493. The van der Waals surface area contributed by atoms with Gasteiger partial charge in [-0.15, -0.1) is 0 Å². The Labute approximate surface area is 100 Å². The van der Waals surface area contributed by atoms with E-state index in [-0.39, 0.29) is 16.8 Å². The highest BCUT2D eigenvalue weighted by Gasteiger charge is 2.13. The lowest BCUT2D eigenvalue weighted by atomic mass is 10.1. The lowest BCUT2D eigenvalue weighted by molar-refractivity contribution is -0.384. The number of nitrogens with one attached hydrogen (secondary N) is 1. The van der Waals surface area contributed by atoms with Crippen molar-refractivity contribution in [2.45, 2.75) is 0 Å². The number of nitro benzene ring substituents is 1. The van der Waals surface area contributed by atoms with E-state index in [4.69, 9.17) is 9.83 Å². The number of nitro groups is 1. The summed E-state index contributed by atoms with van der Waals surface area (Å²) in [7, 11) is 1.18. The fourth-order valence-corrected chi connectivity index (χ4v) is 1.50. The zero-order chi connectivity index (χ0) is 13.3. The second-order valence-corrected chi connectivity index (χ2v) is 3.46. The maximum Gasteiger partial charge on any atom is 0.343 e. The standard InChI is InChI=1S/C11H8N2O5/c1-17-11(14)8-5-6-4-7(13(15)16)2-3-9(6)18-10(8)12/h2-5,12H,1H3. The largest absolute Gasteiger partial charge is 0.465 e. The van der Waals surface area contributed by atoms with Gasteiger partial charge in [-0.05, 0) is 12.1 Å². The molecular weight excluding hydrogens is 240 g/mol. The van der Waals surface area contributed by atoms with E-state index in [2.05, 4.69) is 4.74 Å². The molecule has 0 atom stereocenters. The van der Waals surface area contributed by atoms with Crippen LogP contribution in [-0.4, -0.2) is 18.0 Å². The van der Waals surface area contributed by atoms with Gasteiger partial charge < -0.3 is 9.15 Å². The van der Waals surface area contributed by atoms with Gasteiger partial charge in [0, 0.05) is 17.5 Å². The minimum atomic E-state index is -0.725. The van der Waals surface area contributed by atoms with Gasteiger partial charge in [-0.1, -0.05) is 0 Å². The Kier molecular flexibility index (Phi) is 2.80. The summed E-state index contributed by atoms with van der Waals surface area (Å²) in [4.78, 5) is 21.4. The van der Waals surface area contributed by atoms with Crippen LogP contribution in [0, 0.1) is 15.5 Å². The Balaban J connectivity index is 2.71. The number of esters is 1. The smallest absolute Gasteiger partial charge is 0.343 e. The van der Waals surface area contributed by atoms with E-state index < -0.39 is 10.9 Å². The minimum Gasteiger partial charge on any atom is -0.465 e. The second kappa shape index (κ2) is 4.28. The van der Waals surface area contributed by atoms with Crippen LogP contribution in [0.3, 0.4) is 0 Å². The van der Waals surface area contributed by atoms with Crippen molar-refractivity contribution >= 4 is 22.6 Å². The summed E-state index contributed by atoms with van der Waals surface area (Å²) < 4.78 is 9.58. The van der Waals surface area contributed by atoms with Crippen molar-refractivity contribution in [3.8, 4) is 0 Å².